The molecule has 0 spiro atoms. The Morgan fingerprint density at radius 2 is 1.47 bits per heavy atom. The lowest BCUT2D eigenvalue weighted by atomic mass is 9.94. The van der Waals surface area contributed by atoms with Gasteiger partial charge in [-0.15, -0.1) is 0 Å². The molecule has 4 unspecified atom stereocenters. The molecule has 3 aliphatic heterocycles. The van der Waals surface area contributed by atoms with Gasteiger partial charge in [0.05, 0.1) is 39.3 Å². The van der Waals surface area contributed by atoms with Gasteiger partial charge in [-0.3, -0.25) is 47.1 Å². The number of phosphoric ester groups is 3. The van der Waals surface area contributed by atoms with Crippen molar-refractivity contribution >= 4 is 82.0 Å². The van der Waals surface area contributed by atoms with E-state index in [1.807, 2.05) is 4.98 Å². The Morgan fingerprint density at radius 3 is 2.12 bits per heavy atom. The first kappa shape index (κ1) is 58.5. The van der Waals surface area contributed by atoms with Crippen LogP contribution in [0.5, 0.6) is 0 Å². The molecule has 8 rings (SSSR count). The van der Waals surface area contributed by atoms with Crippen LogP contribution in [-0.4, -0.2) is 174 Å². The number of fused-ring (bicyclic) bond motifs is 2. The number of anilines is 2. The van der Waals surface area contributed by atoms with Crippen LogP contribution < -0.4 is 37.7 Å². The molecule has 1 amide bonds. The van der Waals surface area contributed by atoms with Gasteiger partial charge in [0.15, 0.2) is 23.9 Å². The fraction of sp³-hybridized carbons (Fsp3) is 0.571. The number of carbonyl (C=O) groups excluding carboxylic acids is 1. The van der Waals surface area contributed by atoms with Gasteiger partial charge >= 0.3 is 33.6 Å². The Kier molecular flexibility index (Phi) is 17.0. The number of ether oxygens (including phenoxy) is 4. The number of nitrogens with two attached hydrogens (primary N) is 2. The normalized spacial score (nSPS) is 29.8. The number of rotatable bonds is 21. The summed E-state index contributed by atoms with van der Waals surface area (Å²) in [6.45, 7) is -8.66. The number of H-pyrrole nitrogens is 2. The van der Waals surface area contributed by atoms with E-state index < -0.39 is 153 Å². The molecule has 3 saturated heterocycles. The highest BCUT2D eigenvalue weighted by Gasteiger charge is 2.53. The van der Waals surface area contributed by atoms with Crippen LogP contribution in [0.15, 0.2) is 45.6 Å². The van der Waals surface area contributed by atoms with Crippen LogP contribution in [0.25, 0.3) is 22.3 Å². The van der Waals surface area contributed by atoms with Crippen LogP contribution in [0.4, 0.5) is 11.8 Å². The largest absolute Gasteiger partial charge is 0.756 e. The number of aliphatic hydroxyl groups is 3. The third-order valence-electron chi connectivity index (χ3n) is 12.0. The third kappa shape index (κ3) is 12.7. The van der Waals surface area contributed by atoms with Crippen molar-refractivity contribution in [2.75, 3.05) is 52.5 Å². The van der Waals surface area contributed by atoms with Crippen molar-refractivity contribution in [2.45, 2.75) is 73.9 Å². The number of nitrogens with zero attached hydrogens (tertiary/aromatic N) is 9. The van der Waals surface area contributed by atoms with Gasteiger partial charge in [-0.1, -0.05) is 0 Å². The molecule has 12 N–H and O–H groups in total. The molecule has 424 valence electrons. The lowest BCUT2D eigenvalue weighted by Crippen LogP contribution is -2.39. The minimum absolute atomic E-state index is 0.0101. The van der Waals surface area contributed by atoms with Crippen LogP contribution in [-0.2, 0) is 83.0 Å². The average molecular weight is 1190 g/mol. The van der Waals surface area contributed by atoms with Crippen molar-refractivity contribution < 1.29 is 104 Å². The maximum Gasteiger partial charge on any atom is 0.479 e. The first-order chi connectivity index (χ1) is 36.0. The van der Waals surface area contributed by atoms with Crippen LogP contribution in [0.3, 0.4) is 0 Å². The van der Waals surface area contributed by atoms with E-state index in [0.29, 0.717) is 0 Å². The molecule has 0 radical (unpaired) electrons. The lowest BCUT2D eigenvalue weighted by Gasteiger charge is -2.31. The Bertz CT molecular complexity index is 3420. The van der Waals surface area contributed by atoms with Gasteiger partial charge in [-0.05, 0) is 11.8 Å². The molecule has 5 aromatic heterocycles. The summed E-state index contributed by atoms with van der Waals surface area (Å²) in [5.74, 6) is -2.09. The number of imidazole rings is 2. The second-order valence-corrected chi connectivity index (χ2v) is 24.7. The van der Waals surface area contributed by atoms with E-state index in [-0.39, 0.29) is 34.1 Å². The zero-order valence-corrected chi connectivity index (χ0v) is 44.4. The quantitative estimate of drug-likeness (QED) is 0.0244. The summed E-state index contributed by atoms with van der Waals surface area (Å²) < 4.78 is 97.5. The minimum atomic E-state index is -5.80. The lowest BCUT2D eigenvalue weighted by molar-refractivity contribution is -0.646. The van der Waals surface area contributed by atoms with Gasteiger partial charge in [0.25, 0.3) is 24.5 Å². The van der Waals surface area contributed by atoms with Crippen molar-refractivity contribution in [2.24, 2.45) is 13.0 Å². The van der Waals surface area contributed by atoms with Crippen molar-refractivity contribution in [1.82, 2.24) is 48.5 Å². The van der Waals surface area contributed by atoms with Crippen LogP contribution in [0.1, 0.15) is 25.1 Å². The smallest absolute Gasteiger partial charge is 0.479 e. The number of amides is 1. The van der Waals surface area contributed by atoms with Gasteiger partial charge < -0.3 is 79.3 Å². The molecule has 0 aromatic carbocycles. The van der Waals surface area contributed by atoms with Crippen molar-refractivity contribution in [3.05, 3.63) is 62.4 Å². The van der Waals surface area contributed by atoms with E-state index in [0.717, 1.165) is 36.6 Å². The van der Waals surface area contributed by atoms with Gasteiger partial charge in [0.2, 0.25) is 24.4 Å². The Balaban J connectivity index is 0.951. The molecule has 3 fully saturated rings. The predicted molar refractivity (Wildman–Crippen MR) is 253 cm³/mol. The first-order valence-corrected chi connectivity index (χ1v) is 29.1. The molecule has 16 atom stereocenters. The number of aliphatic hydroxyl groups excluding tert-OH is 3. The Hall–Kier alpha value is -4.69. The van der Waals surface area contributed by atoms with Gasteiger partial charge in [0, 0.05) is 45.8 Å². The van der Waals surface area contributed by atoms with Crippen LogP contribution in [0, 0.1) is 5.92 Å². The molecule has 0 bridgehead atoms. The second kappa shape index (κ2) is 22.4. The maximum absolute atomic E-state index is 13.5. The molecule has 3 aliphatic rings. The number of aromatic amines is 2. The predicted octanol–water partition coefficient (Wildman–Crippen LogP) is -4.66. The van der Waals surface area contributed by atoms with E-state index in [1.165, 1.54) is 46.1 Å². The van der Waals surface area contributed by atoms with Crippen molar-refractivity contribution in [3.8, 4) is 0 Å². The fourth-order valence-corrected chi connectivity index (χ4v) is 14.5. The van der Waals surface area contributed by atoms with Crippen molar-refractivity contribution in [3.63, 3.8) is 0 Å². The number of nitrogens with one attached hydrogen (secondary N) is 2. The summed E-state index contributed by atoms with van der Waals surface area (Å²) in [6, 6.07) is 0.921. The molecular formula is C35H49N13O24P4S. The molecule has 5 aromatic rings. The molecule has 8 heterocycles. The SMILES string of the molecule is CO[C@@H]1[C@H](OP(=O)([O-])OC[C@H]2O[C@@H](n3ccc(=O)[nH]c3=O)[C@H](O)[C@@H]2O)[C@@H](COP(=O)(O)OP(O)(=S)OP(=O)(O)OC[C@H]2O[C@@H](n3c[n+](C)c4c(=O)[nH]c(N)nc43)[C@H](O)[C@@H]2CC(=O)N(C)C)O[C@H]1n1cnc2c(N)ncnc21. The zero-order valence-electron chi connectivity index (χ0n) is 40.1. The van der Waals surface area contributed by atoms with E-state index in [9.17, 15) is 67.8 Å². The summed E-state index contributed by atoms with van der Waals surface area (Å²) in [5.41, 5.74) is 9.25. The summed E-state index contributed by atoms with van der Waals surface area (Å²) >= 11 is 4.76. The highest BCUT2D eigenvalue weighted by molar-refractivity contribution is 8.09. The number of phosphoric acid groups is 3. The van der Waals surface area contributed by atoms with E-state index in [4.69, 9.17) is 60.3 Å². The molecule has 0 saturated carbocycles. The minimum Gasteiger partial charge on any atom is -0.756 e. The van der Waals surface area contributed by atoms with E-state index in [1.54, 1.807) is 0 Å². The molecule has 0 aliphatic carbocycles. The number of nitrogen functional groups attached to an aromatic ring is 2. The summed E-state index contributed by atoms with van der Waals surface area (Å²) in [6.07, 6.45) is -14.1. The van der Waals surface area contributed by atoms with Gasteiger partial charge in [-0.25, -0.2) is 42.1 Å². The highest BCUT2D eigenvalue weighted by atomic mass is 32.5. The van der Waals surface area contributed by atoms with Gasteiger partial charge in [-0.2, -0.15) is 9.55 Å². The molecular weight excluding hydrogens is 1140 g/mol. The third-order valence-corrected chi connectivity index (χ3v) is 18.5. The van der Waals surface area contributed by atoms with E-state index in [2.05, 4.69) is 33.5 Å². The van der Waals surface area contributed by atoms with Crippen LogP contribution >= 0.6 is 30.2 Å². The summed E-state index contributed by atoms with van der Waals surface area (Å²) in [4.78, 5) is 117. The molecule has 77 heavy (non-hydrogen) atoms. The fourth-order valence-electron chi connectivity index (χ4n) is 8.50. The monoisotopic (exact) mass is 1190 g/mol. The second-order valence-electron chi connectivity index (χ2n) is 17.4. The molecule has 37 nitrogen and oxygen atoms in total. The number of methoxy groups -OCH3 is 1. The standard InChI is InChI=1S/C35H49N13O24P4S/c1-44(2)19(50)7-14-15(67-31(22(14)51)48-13-45(3)21-29(48)42-34(37)43-30(21)54)8-65-74(58,59)71-76(62,77)72-75(60,61)66-10-17-25(26(63-4)33(69-17)47-12-40-20-27(36)38-11-39-28(20)47)70-73(56,57)64-9-16-23(52)24(53)32(68-16)46-6-5-18(49)41-35(46)55/h5-6,11-17,22-26,31-33,51-53H,7-10H2,1-4H3,(H9-,36,37,38,39,41,42,43,49,54,55,56,57,58,59,60,61,62,77)/t14-,15-,16-,17-,22-,23-,24-,25-,26-,31-,32-,33-,76?/m1/s1. The number of carbonyl (C=O) groups is 1. The van der Waals surface area contributed by atoms with Gasteiger partial charge in [0.1, 0.15) is 54.6 Å². The maximum atomic E-state index is 13.5. The topological polar surface area (TPSA) is 513 Å². The van der Waals surface area contributed by atoms with E-state index >= 15 is 0 Å². The molecule has 42 heteroatoms. The summed E-state index contributed by atoms with van der Waals surface area (Å²) in [7, 11) is -11.7. The number of hydrogen-bond acceptors (Lipinski definition) is 28. The Morgan fingerprint density at radius 1 is 0.844 bits per heavy atom. The zero-order chi connectivity index (χ0) is 56.3. The highest BCUT2D eigenvalue weighted by Crippen LogP contribution is 2.68. The average Bonchev–Trinajstić information content (AvgIpc) is 4.13. The first-order valence-electron chi connectivity index (χ1n) is 22.1. The number of aromatic nitrogens is 10. The van der Waals surface area contributed by atoms with Crippen LogP contribution in [0.2, 0.25) is 0 Å². The number of hydrogen-bond donors (Lipinski definition) is 10. The summed E-state index contributed by atoms with van der Waals surface area (Å²) in [5, 5.41) is 32.8. The van der Waals surface area contributed by atoms with Crippen molar-refractivity contribution in [1.29, 1.82) is 0 Å². The number of aryl methyl sites for hydroxylation is 1. The Labute approximate surface area is 434 Å².